The number of H-pyrrole nitrogens is 1. The van der Waals surface area contributed by atoms with E-state index in [1.54, 1.807) is 18.2 Å². The molecule has 2 aromatic rings. The lowest BCUT2D eigenvalue weighted by molar-refractivity contribution is 0.172. The van der Waals surface area contributed by atoms with Gasteiger partial charge in [-0.2, -0.15) is 0 Å². The van der Waals surface area contributed by atoms with Gasteiger partial charge in [0.05, 0.1) is 0 Å². The quantitative estimate of drug-likeness (QED) is 0.683. The third-order valence-electron chi connectivity index (χ3n) is 4.51. The van der Waals surface area contributed by atoms with Crippen LogP contribution in [0.5, 0.6) is 5.75 Å². The first-order valence-corrected chi connectivity index (χ1v) is 8.01. The van der Waals surface area contributed by atoms with Crippen LogP contribution in [-0.2, 0) is 0 Å². The molecule has 1 fully saturated rings. The molecule has 1 saturated heterocycles. The summed E-state index contributed by atoms with van der Waals surface area (Å²) in [5.41, 5.74) is 15.5. The number of aromatic hydroxyl groups is 1. The van der Waals surface area contributed by atoms with Crippen LogP contribution in [0.25, 0.3) is 11.8 Å². The van der Waals surface area contributed by atoms with Crippen molar-refractivity contribution in [2.45, 2.75) is 19.3 Å². The Morgan fingerprint density at radius 3 is 2.78 bits per heavy atom. The van der Waals surface area contributed by atoms with Crippen LogP contribution in [0, 0.1) is 0 Å². The number of hydrogen-bond acceptors (Lipinski definition) is 4. The van der Waals surface area contributed by atoms with Gasteiger partial charge in [0.25, 0.3) is 0 Å². The number of nitrogen functional groups attached to an aromatic ring is 1. The fraction of sp³-hybridized carbons (Fsp3) is 0.333. The zero-order chi connectivity index (χ0) is 16.4. The number of nitrogens with zero attached hydrogens (tertiary/aromatic N) is 1. The fourth-order valence-corrected chi connectivity index (χ4v) is 3.04. The molecule has 23 heavy (non-hydrogen) atoms. The third kappa shape index (κ3) is 3.19. The minimum absolute atomic E-state index is 0.172. The molecule has 5 heteroatoms. The van der Waals surface area contributed by atoms with Gasteiger partial charge >= 0.3 is 0 Å². The van der Waals surface area contributed by atoms with Crippen molar-refractivity contribution in [2.24, 2.45) is 5.73 Å². The summed E-state index contributed by atoms with van der Waals surface area (Å²) >= 11 is 0. The minimum atomic E-state index is 0.172. The number of para-hydroxylation sites is 1. The van der Waals surface area contributed by atoms with Gasteiger partial charge in [0.1, 0.15) is 11.6 Å². The normalized spacial score (nSPS) is 17.0. The summed E-state index contributed by atoms with van der Waals surface area (Å²) in [6.45, 7) is 5.58. The predicted octanol–water partition coefficient (Wildman–Crippen LogP) is 2.57. The van der Waals surface area contributed by atoms with Gasteiger partial charge in [-0.3, -0.25) is 0 Å². The third-order valence-corrected chi connectivity index (χ3v) is 4.51. The Morgan fingerprint density at radius 2 is 2.13 bits per heavy atom. The van der Waals surface area contributed by atoms with Gasteiger partial charge in [-0.1, -0.05) is 19.1 Å². The van der Waals surface area contributed by atoms with Crippen molar-refractivity contribution < 1.29 is 5.11 Å². The molecule has 0 radical (unpaired) electrons. The maximum absolute atomic E-state index is 9.95. The molecular weight excluding hydrogens is 288 g/mol. The number of nitrogens with one attached hydrogen (secondary N) is 1. The predicted molar refractivity (Wildman–Crippen MR) is 94.8 cm³/mol. The Balaban J connectivity index is 1.88. The molecular formula is C18H24N4O. The van der Waals surface area contributed by atoms with Gasteiger partial charge in [-0.05, 0) is 49.2 Å². The van der Waals surface area contributed by atoms with Crippen molar-refractivity contribution in [3.8, 4) is 5.75 Å². The van der Waals surface area contributed by atoms with Crippen molar-refractivity contribution in [1.82, 2.24) is 9.88 Å². The van der Waals surface area contributed by atoms with Crippen LogP contribution >= 0.6 is 0 Å². The van der Waals surface area contributed by atoms with Crippen LogP contribution in [0.2, 0.25) is 0 Å². The van der Waals surface area contributed by atoms with Crippen molar-refractivity contribution in [2.75, 3.05) is 25.4 Å². The van der Waals surface area contributed by atoms with Crippen LogP contribution in [0.1, 0.15) is 36.0 Å². The van der Waals surface area contributed by atoms with Crippen LogP contribution in [-0.4, -0.2) is 34.6 Å². The van der Waals surface area contributed by atoms with Gasteiger partial charge in [-0.15, -0.1) is 0 Å². The summed E-state index contributed by atoms with van der Waals surface area (Å²) in [7, 11) is 0. The number of anilines is 1. The molecule has 3 rings (SSSR count). The number of benzene rings is 1. The van der Waals surface area contributed by atoms with Crippen molar-refractivity contribution in [3.63, 3.8) is 0 Å². The minimum Gasteiger partial charge on any atom is -0.507 e. The second-order valence-electron chi connectivity index (χ2n) is 6.24. The van der Waals surface area contributed by atoms with Gasteiger partial charge < -0.3 is 26.5 Å². The fourth-order valence-electron chi connectivity index (χ4n) is 3.04. The number of aromatic amines is 1. The van der Waals surface area contributed by atoms with E-state index in [1.165, 1.54) is 19.5 Å². The molecule has 1 aromatic carbocycles. The highest BCUT2D eigenvalue weighted by Gasteiger charge is 2.20. The molecule has 1 aliphatic heterocycles. The Kier molecular flexibility index (Phi) is 4.30. The first-order valence-electron chi connectivity index (χ1n) is 8.01. The molecule has 0 spiro atoms. The van der Waals surface area contributed by atoms with E-state index in [2.05, 4.69) is 16.8 Å². The van der Waals surface area contributed by atoms with Gasteiger partial charge in [0.2, 0.25) is 0 Å². The molecule has 0 saturated carbocycles. The Hall–Kier alpha value is -2.40. The highest BCUT2D eigenvalue weighted by atomic mass is 16.3. The van der Waals surface area contributed by atoms with Crippen LogP contribution in [0.15, 0.2) is 30.5 Å². The molecule has 1 unspecified atom stereocenters. The van der Waals surface area contributed by atoms with E-state index in [4.69, 9.17) is 11.5 Å². The molecule has 0 amide bonds. The van der Waals surface area contributed by atoms with Gasteiger partial charge in [0.15, 0.2) is 0 Å². The number of rotatable bonds is 5. The Morgan fingerprint density at radius 1 is 1.39 bits per heavy atom. The molecule has 0 bridgehead atoms. The van der Waals surface area contributed by atoms with E-state index < -0.39 is 0 Å². The summed E-state index contributed by atoms with van der Waals surface area (Å²) in [5, 5.41) is 9.95. The average molecular weight is 312 g/mol. The lowest BCUT2D eigenvalue weighted by Gasteiger charge is -2.33. The smallest absolute Gasteiger partial charge is 0.124 e. The number of phenolic OH excluding ortho intramolecular Hbond substituents is 1. The van der Waals surface area contributed by atoms with E-state index in [1.807, 2.05) is 18.3 Å². The number of likely N-dealkylation sites (tertiary alicyclic amines) is 1. The molecule has 1 atom stereocenters. The standard InChI is InChI=1S/C18H24N4O/c1-12(11-22-7-4-8-22)15-10-21-18(20)14(15)9-16(19)13-5-2-3-6-17(13)23/h2-3,5-6,9-10,12,21,23H,4,7-8,11,19-20H2,1H3/b16-9-. The second kappa shape index (κ2) is 6.38. The summed E-state index contributed by atoms with van der Waals surface area (Å²) in [6.07, 6.45) is 5.10. The highest BCUT2D eigenvalue weighted by Crippen LogP contribution is 2.30. The molecule has 6 N–H and O–H groups in total. The molecule has 0 aliphatic carbocycles. The van der Waals surface area contributed by atoms with Crippen LogP contribution in [0.4, 0.5) is 5.82 Å². The second-order valence-corrected chi connectivity index (χ2v) is 6.24. The number of hydrogen-bond donors (Lipinski definition) is 4. The molecule has 2 heterocycles. The van der Waals surface area contributed by atoms with E-state index in [0.717, 1.165) is 17.7 Å². The SMILES string of the molecule is CC(CN1CCC1)c1c[nH]c(N)c1/C=C(\N)c1ccccc1O. The monoisotopic (exact) mass is 312 g/mol. The number of aromatic nitrogens is 1. The zero-order valence-electron chi connectivity index (χ0n) is 13.4. The van der Waals surface area contributed by atoms with Gasteiger partial charge in [0, 0.05) is 29.6 Å². The lowest BCUT2D eigenvalue weighted by Crippen LogP contribution is -2.39. The number of phenols is 1. The Bertz CT molecular complexity index is 716. The summed E-state index contributed by atoms with van der Waals surface area (Å²) < 4.78 is 0. The molecule has 1 aliphatic rings. The van der Waals surface area contributed by atoms with E-state index in [9.17, 15) is 5.11 Å². The van der Waals surface area contributed by atoms with E-state index in [-0.39, 0.29) is 5.75 Å². The summed E-state index contributed by atoms with van der Waals surface area (Å²) in [6, 6.07) is 7.05. The topological polar surface area (TPSA) is 91.3 Å². The van der Waals surface area contributed by atoms with Crippen molar-refractivity contribution in [1.29, 1.82) is 0 Å². The first-order chi connectivity index (χ1) is 11.1. The average Bonchev–Trinajstić information content (AvgIpc) is 2.84. The van der Waals surface area contributed by atoms with Crippen molar-refractivity contribution >= 4 is 17.6 Å². The van der Waals surface area contributed by atoms with E-state index >= 15 is 0 Å². The van der Waals surface area contributed by atoms with Crippen LogP contribution in [0.3, 0.4) is 0 Å². The summed E-state index contributed by atoms with van der Waals surface area (Å²) in [4.78, 5) is 5.53. The molecule has 5 nitrogen and oxygen atoms in total. The van der Waals surface area contributed by atoms with E-state index in [0.29, 0.717) is 23.0 Å². The summed E-state index contributed by atoms with van der Waals surface area (Å²) in [5.74, 6) is 1.15. The zero-order valence-corrected chi connectivity index (χ0v) is 13.4. The number of nitrogens with two attached hydrogens (primary N) is 2. The molecule has 1 aromatic heterocycles. The van der Waals surface area contributed by atoms with Gasteiger partial charge in [-0.25, -0.2) is 0 Å². The first kappa shape index (κ1) is 15.5. The maximum Gasteiger partial charge on any atom is 0.124 e. The largest absolute Gasteiger partial charge is 0.507 e. The van der Waals surface area contributed by atoms with Crippen molar-refractivity contribution in [3.05, 3.63) is 47.2 Å². The highest BCUT2D eigenvalue weighted by molar-refractivity contribution is 5.85. The Labute approximate surface area is 136 Å². The molecule has 122 valence electrons. The van der Waals surface area contributed by atoms with Crippen LogP contribution < -0.4 is 11.5 Å². The maximum atomic E-state index is 9.95. The lowest BCUT2D eigenvalue weighted by atomic mass is 9.96.